The van der Waals surface area contributed by atoms with Crippen LogP contribution in [0.5, 0.6) is 5.75 Å². The summed E-state index contributed by atoms with van der Waals surface area (Å²) in [5.41, 5.74) is 5.41. The largest absolute Gasteiger partial charge is 0.493 e. The molecule has 1 rings (SSSR count). The lowest BCUT2D eigenvalue weighted by Crippen LogP contribution is -2.19. The maximum atomic E-state index is 10.9. The number of rotatable bonds is 11. The van der Waals surface area contributed by atoms with Crippen LogP contribution < -0.4 is 4.74 Å². The second-order valence-corrected chi connectivity index (χ2v) is 11.1. The molecule has 0 saturated carbocycles. The lowest BCUT2D eigenvalue weighted by Gasteiger charge is -2.29. The second-order valence-electron chi connectivity index (χ2n) is 11.1. The molecule has 0 aliphatic rings. The molecule has 0 heterocycles. The fraction of sp³-hybridized carbons (Fsp3) is 0.567. The van der Waals surface area contributed by atoms with Crippen molar-refractivity contribution >= 4 is 11.5 Å². The summed E-state index contributed by atoms with van der Waals surface area (Å²) in [4.78, 5) is 10.9. The molecule has 3 nitrogen and oxygen atoms in total. The van der Waals surface area contributed by atoms with Crippen LogP contribution >= 0.6 is 0 Å². The smallest absolute Gasteiger partial charge is 0.328 e. The van der Waals surface area contributed by atoms with Crippen LogP contribution in [0.15, 0.2) is 42.0 Å². The predicted molar refractivity (Wildman–Crippen MR) is 142 cm³/mol. The molecule has 0 bridgehead atoms. The Balaban J connectivity index is 3.44. The van der Waals surface area contributed by atoms with E-state index in [1.54, 1.807) is 6.92 Å². The molecule has 3 heteroatoms. The Morgan fingerprint density at radius 1 is 0.970 bits per heavy atom. The number of hydrogen-bond acceptors (Lipinski definition) is 2. The fourth-order valence-corrected chi connectivity index (χ4v) is 3.62. The molecule has 0 aromatic heterocycles. The minimum absolute atomic E-state index is 0.0182. The van der Waals surface area contributed by atoms with Gasteiger partial charge in [-0.05, 0) is 53.9 Å². The van der Waals surface area contributed by atoms with Gasteiger partial charge in [-0.1, -0.05) is 98.4 Å². The van der Waals surface area contributed by atoms with E-state index in [-0.39, 0.29) is 10.8 Å². The Morgan fingerprint density at radius 2 is 1.61 bits per heavy atom. The molecular weight excluding hydrogens is 408 g/mol. The molecule has 0 unspecified atom stereocenters. The van der Waals surface area contributed by atoms with Crippen molar-refractivity contribution in [1.29, 1.82) is 0 Å². The Morgan fingerprint density at radius 3 is 2.15 bits per heavy atom. The van der Waals surface area contributed by atoms with Gasteiger partial charge >= 0.3 is 5.97 Å². The summed E-state index contributed by atoms with van der Waals surface area (Å²) < 4.78 is 6.49. The van der Waals surface area contributed by atoms with Gasteiger partial charge in [0.15, 0.2) is 0 Å². The van der Waals surface area contributed by atoms with Crippen LogP contribution in [-0.2, 0) is 15.6 Å². The SMILES string of the molecule is CCCCCCCOc1c(C(C)=CC=CC(C)=CC(=O)O)cc(C(C)(C)C)cc1C(C)(C)C. The Hall–Kier alpha value is -2.29. The van der Waals surface area contributed by atoms with Crippen LogP contribution in [0, 0.1) is 0 Å². The summed E-state index contributed by atoms with van der Waals surface area (Å²) in [6.07, 6.45) is 13.0. The quantitative estimate of drug-likeness (QED) is 0.207. The lowest BCUT2D eigenvalue weighted by molar-refractivity contribution is -0.131. The van der Waals surface area contributed by atoms with E-state index in [1.807, 2.05) is 18.2 Å². The van der Waals surface area contributed by atoms with Crippen LogP contribution in [0.4, 0.5) is 0 Å². The monoisotopic (exact) mass is 454 g/mol. The number of carboxylic acid groups (broad SMARTS) is 1. The highest BCUT2D eigenvalue weighted by Crippen LogP contribution is 2.41. The fourth-order valence-electron chi connectivity index (χ4n) is 3.62. The average Bonchev–Trinajstić information content (AvgIpc) is 2.68. The highest BCUT2D eigenvalue weighted by Gasteiger charge is 2.26. The first-order chi connectivity index (χ1) is 15.3. The van der Waals surface area contributed by atoms with Crippen LogP contribution in [0.2, 0.25) is 0 Å². The van der Waals surface area contributed by atoms with Gasteiger partial charge in [-0.3, -0.25) is 0 Å². The third-order valence-corrected chi connectivity index (χ3v) is 5.74. The molecule has 0 amide bonds. The van der Waals surface area contributed by atoms with Crippen molar-refractivity contribution in [1.82, 2.24) is 0 Å². The van der Waals surface area contributed by atoms with Gasteiger partial charge in [0.05, 0.1) is 6.61 Å². The van der Waals surface area contributed by atoms with Gasteiger partial charge in [0.1, 0.15) is 5.75 Å². The topological polar surface area (TPSA) is 46.5 Å². The van der Waals surface area contributed by atoms with Gasteiger partial charge < -0.3 is 9.84 Å². The zero-order valence-electron chi connectivity index (χ0n) is 22.5. The first-order valence-electron chi connectivity index (χ1n) is 12.4. The van der Waals surface area contributed by atoms with E-state index in [0.29, 0.717) is 5.57 Å². The van der Waals surface area contributed by atoms with Crippen molar-refractivity contribution in [2.24, 2.45) is 0 Å². The van der Waals surface area contributed by atoms with E-state index in [9.17, 15) is 4.79 Å². The first kappa shape index (κ1) is 28.7. The van der Waals surface area contributed by atoms with E-state index in [4.69, 9.17) is 9.84 Å². The Kier molecular flexibility index (Phi) is 11.2. The van der Waals surface area contributed by atoms with Crippen LogP contribution in [0.3, 0.4) is 0 Å². The molecule has 0 fully saturated rings. The molecule has 0 saturated heterocycles. The zero-order valence-corrected chi connectivity index (χ0v) is 22.5. The zero-order chi connectivity index (χ0) is 25.2. The standard InChI is InChI=1S/C30H46O3/c1-10-11-12-13-14-18-33-28-25(23(3)17-15-16-22(2)19-27(31)32)20-24(29(4,5)6)21-26(28)30(7,8)9/h15-17,19-21H,10-14,18H2,1-9H3,(H,31,32). The highest BCUT2D eigenvalue weighted by atomic mass is 16.5. The summed E-state index contributed by atoms with van der Waals surface area (Å²) in [5.74, 6) is 0.0473. The number of ether oxygens (including phenoxy) is 1. The van der Waals surface area contributed by atoms with Crippen molar-refractivity contribution in [3.63, 3.8) is 0 Å². The van der Waals surface area contributed by atoms with Gasteiger partial charge in [0, 0.05) is 17.2 Å². The van der Waals surface area contributed by atoms with E-state index < -0.39 is 5.97 Å². The van der Waals surface area contributed by atoms with Gasteiger partial charge in [-0.2, -0.15) is 0 Å². The normalized spacial score (nSPS) is 13.6. The van der Waals surface area contributed by atoms with Crippen LogP contribution in [0.25, 0.3) is 5.57 Å². The third kappa shape index (κ3) is 10.0. The lowest BCUT2D eigenvalue weighted by atomic mass is 9.78. The molecular formula is C30H46O3. The van der Waals surface area contributed by atoms with E-state index >= 15 is 0 Å². The average molecular weight is 455 g/mol. The van der Waals surface area contributed by atoms with Crippen molar-refractivity contribution < 1.29 is 14.6 Å². The molecule has 0 spiro atoms. The molecule has 0 aliphatic carbocycles. The van der Waals surface area contributed by atoms with Crippen molar-refractivity contribution in [2.45, 2.75) is 105 Å². The van der Waals surface area contributed by atoms with E-state index in [0.717, 1.165) is 29.9 Å². The summed E-state index contributed by atoms with van der Waals surface area (Å²) in [6, 6.07) is 4.58. The number of carboxylic acids is 1. The summed E-state index contributed by atoms with van der Waals surface area (Å²) in [5, 5.41) is 8.93. The minimum atomic E-state index is -0.930. The Labute approximate surface area is 202 Å². The molecule has 33 heavy (non-hydrogen) atoms. The number of benzene rings is 1. The van der Waals surface area contributed by atoms with E-state index in [2.05, 4.69) is 67.5 Å². The second kappa shape index (κ2) is 12.8. The number of carbonyl (C=O) groups is 1. The number of allylic oxidation sites excluding steroid dienone is 5. The minimum Gasteiger partial charge on any atom is -0.493 e. The maximum Gasteiger partial charge on any atom is 0.328 e. The van der Waals surface area contributed by atoms with Crippen molar-refractivity contribution in [3.05, 3.63) is 58.7 Å². The number of aliphatic carboxylic acids is 1. The third-order valence-electron chi connectivity index (χ3n) is 5.74. The first-order valence-corrected chi connectivity index (χ1v) is 12.4. The molecule has 1 aromatic carbocycles. The van der Waals surface area contributed by atoms with Gasteiger partial charge in [-0.15, -0.1) is 0 Å². The van der Waals surface area contributed by atoms with Gasteiger partial charge in [0.25, 0.3) is 0 Å². The van der Waals surface area contributed by atoms with Gasteiger partial charge in [0.2, 0.25) is 0 Å². The summed E-state index contributed by atoms with van der Waals surface area (Å²) in [6.45, 7) is 20.3. The molecule has 184 valence electrons. The van der Waals surface area contributed by atoms with Crippen LogP contribution in [0.1, 0.15) is 111 Å². The van der Waals surface area contributed by atoms with Gasteiger partial charge in [-0.25, -0.2) is 4.79 Å². The molecule has 0 radical (unpaired) electrons. The highest BCUT2D eigenvalue weighted by molar-refractivity contribution is 5.81. The molecule has 0 atom stereocenters. The maximum absolute atomic E-state index is 10.9. The van der Waals surface area contributed by atoms with Crippen LogP contribution in [-0.4, -0.2) is 17.7 Å². The molecule has 0 aliphatic heterocycles. The molecule has 1 N–H and O–H groups in total. The van der Waals surface area contributed by atoms with Crippen molar-refractivity contribution in [3.8, 4) is 5.75 Å². The summed E-state index contributed by atoms with van der Waals surface area (Å²) in [7, 11) is 0. The molecule has 1 aromatic rings. The number of hydrogen-bond donors (Lipinski definition) is 1. The predicted octanol–water partition coefficient (Wildman–Crippen LogP) is 8.62. The van der Waals surface area contributed by atoms with Crippen molar-refractivity contribution in [2.75, 3.05) is 6.61 Å². The van der Waals surface area contributed by atoms with E-state index in [1.165, 1.54) is 42.9 Å². The summed E-state index contributed by atoms with van der Waals surface area (Å²) >= 11 is 0. The Bertz CT molecular complexity index is 871. The number of unbranched alkanes of at least 4 members (excludes halogenated alkanes) is 4.